The minimum Gasteiger partial charge on any atom is -0.393 e. The number of aliphatic hydroxyl groups excluding tert-OH is 1. The van der Waals surface area contributed by atoms with Crippen LogP contribution in [0, 0.1) is 23.0 Å². The van der Waals surface area contributed by atoms with Gasteiger partial charge in [-0.3, -0.25) is 10.1 Å². The summed E-state index contributed by atoms with van der Waals surface area (Å²) in [6.45, 7) is 2.68. The number of nitro benzene ring substituents is 1. The molecule has 1 fully saturated rings. The Kier molecular flexibility index (Phi) is 4.37. The SMILES string of the molecule is Cc1cc([N+](=O)[O-])ccc1NCC1CCCC(O)C1. The number of nitrogens with one attached hydrogen (secondary N) is 1. The van der Waals surface area contributed by atoms with Crippen molar-refractivity contribution in [1.29, 1.82) is 0 Å². The van der Waals surface area contributed by atoms with E-state index in [4.69, 9.17) is 0 Å². The van der Waals surface area contributed by atoms with Gasteiger partial charge in [0.2, 0.25) is 0 Å². The van der Waals surface area contributed by atoms with E-state index >= 15 is 0 Å². The molecule has 0 saturated heterocycles. The van der Waals surface area contributed by atoms with Crippen LogP contribution in [0.3, 0.4) is 0 Å². The molecule has 104 valence electrons. The Morgan fingerprint density at radius 3 is 2.89 bits per heavy atom. The third-order valence-electron chi connectivity index (χ3n) is 3.76. The predicted octanol–water partition coefficient (Wildman–Crippen LogP) is 2.87. The van der Waals surface area contributed by atoms with Crippen molar-refractivity contribution in [2.45, 2.75) is 38.7 Å². The van der Waals surface area contributed by atoms with Gasteiger partial charge in [-0.2, -0.15) is 0 Å². The standard InChI is InChI=1S/C14H20N2O3/c1-10-7-12(16(18)19)5-6-14(10)15-9-11-3-2-4-13(17)8-11/h5-7,11,13,15,17H,2-4,8-9H2,1H3. The van der Waals surface area contributed by atoms with Crippen molar-refractivity contribution in [2.24, 2.45) is 5.92 Å². The lowest BCUT2D eigenvalue weighted by atomic mass is 9.87. The van der Waals surface area contributed by atoms with Crippen molar-refractivity contribution in [3.8, 4) is 0 Å². The number of nitrogens with zero attached hydrogens (tertiary/aromatic N) is 1. The molecule has 1 saturated carbocycles. The molecule has 1 aromatic rings. The first-order chi connectivity index (χ1) is 9.06. The summed E-state index contributed by atoms with van der Waals surface area (Å²) in [5.74, 6) is 0.485. The molecule has 1 aliphatic carbocycles. The Morgan fingerprint density at radius 2 is 2.26 bits per heavy atom. The van der Waals surface area contributed by atoms with E-state index in [2.05, 4.69) is 5.32 Å². The minimum atomic E-state index is -0.381. The first kappa shape index (κ1) is 13.8. The smallest absolute Gasteiger partial charge is 0.269 e. The highest BCUT2D eigenvalue weighted by molar-refractivity contribution is 5.55. The molecule has 0 amide bonds. The van der Waals surface area contributed by atoms with E-state index in [0.29, 0.717) is 5.92 Å². The molecule has 0 spiro atoms. The van der Waals surface area contributed by atoms with Gasteiger partial charge in [-0.05, 0) is 43.7 Å². The van der Waals surface area contributed by atoms with Gasteiger partial charge in [-0.15, -0.1) is 0 Å². The normalized spacial score (nSPS) is 23.1. The van der Waals surface area contributed by atoms with E-state index in [1.807, 2.05) is 6.92 Å². The number of aliphatic hydroxyl groups is 1. The fraction of sp³-hybridized carbons (Fsp3) is 0.571. The summed E-state index contributed by atoms with van der Waals surface area (Å²) in [4.78, 5) is 10.3. The first-order valence-corrected chi connectivity index (χ1v) is 6.73. The molecule has 0 radical (unpaired) electrons. The molecular formula is C14H20N2O3. The summed E-state index contributed by atoms with van der Waals surface area (Å²) in [6, 6.07) is 4.86. The second-order valence-electron chi connectivity index (χ2n) is 5.32. The number of hydrogen-bond donors (Lipinski definition) is 2. The Labute approximate surface area is 112 Å². The summed E-state index contributed by atoms with van der Waals surface area (Å²) >= 11 is 0. The molecule has 1 aromatic carbocycles. The number of anilines is 1. The monoisotopic (exact) mass is 264 g/mol. The van der Waals surface area contributed by atoms with Gasteiger partial charge in [0.05, 0.1) is 11.0 Å². The molecule has 2 unspecified atom stereocenters. The fourth-order valence-corrected chi connectivity index (χ4v) is 2.66. The van der Waals surface area contributed by atoms with Crippen LogP contribution in [0.4, 0.5) is 11.4 Å². The summed E-state index contributed by atoms with van der Waals surface area (Å²) in [6.07, 6.45) is 3.80. The van der Waals surface area contributed by atoms with Crippen molar-refractivity contribution in [2.75, 3.05) is 11.9 Å². The molecule has 2 atom stereocenters. The lowest BCUT2D eigenvalue weighted by Gasteiger charge is -2.26. The molecule has 0 aromatic heterocycles. The lowest BCUT2D eigenvalue weighted by Crippen LogP contribution is -2.25. The number of rotatable bonds is 4. The van der Waals surface area contributed by atoms with Crippen LogP contribution < -0.4 is 5.32 Å². The number of non-ortho nitro benzene ring substituents is 1. The van der Waals surface area contributed by atoms with Crippen molar-refractivity contribution >= 4 is 11.4 Å². The molecule has 5 heteroatoms. The Balaban J connectivity index is 1.94. The summed E-state index contributed by atoms with van der Waals surface area (Å²) in [5, 5.41) is 23.6. The molecule has 0 aliphatic heterocycles. The van der Waals surface area contributed by atoms with Crippen molar-refractivity contribution < 1.29 is 10.0 Å². The second-order valence-corrected chi connectivity index (χ2v) is 5.32. The van der Waals surface area contributed by atoms with Crippen LogP contribution in [0.5, 0.6) is 0 Å². The molecular weight excluding hydrogens is 244 g/mol. The van der Waals surface area contributed by atoms with Gasteiger partial charge in [-0.1, -0.05) is 6.42 Å². The van der Waals surface area contributed by atoms with Crippen molar-refractivity contribution in [1.82, 2.24) is 0 Å². The van der Waals surface area contributed by atoms with Crippen LogP contribution in [0.25, 0.3) is 0 Å². The third-order valence-corrected chi connectivity index (χ3v) is 3.76. The van der Waals surface area contributed by atoms with Crippen LogP contribution in [0.1, 0.15) is 31.2 Å². The molecule has 2 N–H and O–H groups in total. The van der Waals surface area contributed by atoms with Gasteiger partial charge in [-0.25, -0.2) is 0 Å². The first-order valence-electron chi connectivity index (χ1n) is 6.73. The zero-order chi connectivity index (χ0) is 13.8. The Morgan fingerprint density at radius 1 is 1.47 bits per heavy atom. The molecule has 1 aliphatic rings. The fourth-order valence-electron chi connectivity index (χ4n) is 2.66. The van der Waals surface area contributed by atoms with Crippen LogP contribution >= 0.6 is 0 Å². The third kappa shape index (κ3) is 3.67. The zero-order valence-corrected chi connectivity index (χ0v) is 11.1. The second kappa shape index (κ2) is 6.02. The highest BCUT2D eigenvalue weighted by Gasteiger charge is 2.20. The average Bonchev–Trinajstić information content (AvgIpc) is 2.37. The lowest BCUT2D eigenvalue weighted by molar-refractivity contribution is -0.384. The van der Waals surface area contributed by atoms with E-state index in [1.165, 1.54) is 6.07 Å². The zero-order valence-electron chi connectivity index (χ0n) is 11.1. The molecule has 0 bridgehead atoms. The molecule has 0 heterocycles. The summed E-state index contributed by atoms with van der Waals surface area (Å²) < 4.78 is 0. The van der Waals surface area contributed by atoms with Gasteiger partial charge in [0.1, 0.15) is 0 Å². The van der Waals surface area contributed by atoms with E-state index in [-0.39, 0.29) is 16.7 Å². The van der Waals surface area contributed by atoms with Crippen LogP contribution in [-0.2, 0) is 0 Å². The van der Waals surface area contributed by atoms with Crippen LogP contribution in [-0.4, -0.2) is 22.7 Å². The van der Waals surface area contributed by atoms with Gasteiger partial charge in [0.15, 0.2) is 0 Å². The molecule has 5 nitrogen and oxygen atoms in total. The van der Waals surface area contributed by atoms with Crippen LogP contribution in [0.2, 0.25) is 0 Å². The van der Waals surface area contributed by atoms with Gasteiger partial charge < -0.3 is 10.4 Å². The molecule has 19 heavy (non-hydrogen) atoms. The number of nitro groups is 1. The van der Waals surface area contributed by atoms with E-state index in [9.17, 15) is 15.2 Å². The van der Waals surface area contributed by atoms with E-state index < -0.39 is 0 Å². The van der Waals surface area contributed by atoms with Crippen LogP contribution in [0.15, 0.2) is 18.2 Å². The Hall–Kier alpha value is -1.62. The number of aryl methyl sites for hydroxylation is 1. The van der Waals surface area contributed by atoms with Crippen molar-refractivity contribution in [3.05, 3.63) is 33.9 Å². The minimum absolute atomic E-state index is 0.121. The topological polar surface area (TPSA) is 75.4 Å². The van der Waals surface area contributed by atoms with Gasteiger partial charge in [0.25, 0.3) is 5.69 Å². The average molecular weight is 264 g/mol. The van der Waals surface area contributed by atoms with Gasteiger partial charge in [0, 0.05) is 24.4 Å². The maximum Gasteiger partial charge on any atom is 0.269 e. The maximum atomic E-state index is 10.7. The Bertz CT molecular complexity index is 462. The maximum absolute atomic E-state index is 10.7. The highest BCUT2D eigenvalue weighted by Crippen LogP contribution is 2.26. The largest absolute Gasteiger partial charge is 0.393 e. The predicted molar refractivity (Wildman–Crippen MR) is 74.3 cm³/mol. The molecule has 2 rings (SSSR count). The number of hydrogen-bond acceptors (Lipinski definition) is 4. The summed E-state index contributed by atoms with van der Waals surface area (Å²) in [7, 11) is 0. The number of benzene rings is 1. The quantitative estimate of drug-likeness (QED) is 0.647. The van der Waals surface area contributed by atoms with Crippen molar-refractivity contribution in [3.63, 3.8) is 0 Å². The van der Waals surface area contributed by atoms with E-state index in [0.717, 1.165) is 43.5 Å². The summed E-state index contributed by atoms with van der Waals surface area (Å²) in [5.41, 5.74) is 1.94. The highest BCUT2D eigenvalue weighted by atomic mass is 16.6. The van der Waals surface area contributed by atoms with Gasteiger partial charge >= 0.3 is 0 Å². The van der Waals surface area contributed by atoms with E-state index in [1.54, 1.807) is 12.1 Å².